The molecule has 0 spiro atoms. The molecule has 0 amide bonds. The van der Waals surface area contributed by atoms with Crippen LogP contribution in [0.3, 0.4) is 0 Å². The molecule has 3 N–H and O–H groups in total. The third kappa shape index (κ3) is 3.77. The first-order valence-corrected chi connectivity index (χ1v) is 7.36. The standard InChI is InChI=1S/C16H25NO4.ClH/c1-19-12-8-11(9-13(20-2)16(12)21-3)14(17)15(18)10-6-4-5-7-10;/h8-10,14-15,18H,4-7,17H2,1-3H3;1H/t14-,15+;/m0./s1. The summed E-state index contributed by atoms with van der Waals surface area (Å²) in [6, 6.07) is 3.16. The number of aliphatic hydroxyl groups is 1. The van der Waals surface area contributed by atoms with E-state index in [0.29, 0.717) is 17.2 Å². The maximum absolute atomic E-state index is 10.5. The third-order valence-electron chi connectivity index (χ3n) is 4.32. The highest BCUT2D eigenvalue weighted by Gasteiger charge is 2.30. The molecule has 0 saturated heterocycles. The Morgan fingerprint density at radius 1 is 1.05 bits per heavy atom. The molecule has 1 aromatic carbocycles. The fourth-order valence-corrected chi connectivity index (χ4v) is 3.08. The number of benzene rings is 1. The first-order chi connectivity index (χ1) is 10.1. The van der Waals surface area contributed by atoms with Gasteiger partial charge in [0.25, 0.3) is 0 Å². The second-order valence-electron chi connectivity index (χ2n) is 5.52. The zero-order valence-electron chi connectivity index (χ0n) is 13.4. The van der Waals surface area contributed by atoms with E-state index >= 15 is 0 Å². The molecule has 5 nitrogen and oxygen atoms in total. The van der Waals surface area contributed by atoms with Gasteiger partial charge in [0.1, 0.15) is 0 Å². The van der Waals surface area contributed by atoms with Crippen molar-refractivity contribution in [2.75, 3.05) is 21.3 Å². The van der Waals surface area contributed by atoms with E-state index in [0.717, 1.165) is 18.4 Å². The van der Waals surface area contributed by atoms with Crippen LogP contribution < -0.4 is 19.9 Å². The van der Waals surface area contributed by atoms with Crippen LogP contribution >= 0.6 is 12.4 Å². The summed E-state index contributed by atoms with van der Waals surface area (Å²) in [6.07, 6.45) is 3.88. The number of ether oxygens (including phenoxy) is 3. The number of methoxy groups -OCH3 is 3. The predicted molar refractivity (Wildman–Crippen MR) is 88.2 cm³/mol. The molecular weight excluding hydrogens is 306 g/mol. The van der Waals surface area contributed by atoms with E-state index < -0.39 is 12.1 Å². The van der Waals surface area contributed by atoms with Gasteiger partial charge < -0.3 is 25.1 Å². The van der Waals surface area contributed by atoms with Crippen LogP contribution in [-0.4, -0.2) is 32.5 Å². The van der Waals surface area contributed by atoms with Crippen molar-refractivity contribution < 1.29 is 19.3 Å². The van der Waals surface area contributed by atoms with Crippen molar-refractivity contribution in [1.82, 2.24) is 0 Å². The van der Waals surface area contributed by atoms with Gasteiger partial charge in [-0.1, -0.05) is 12.8 Å². The largest absolute Gasteiger partial charge is 0.493 e. The van der Waals surface area contributed by atoms with Gasteiger partial charge in [-0.2, -0.15) is 0 Å². The van der Waals surface area contributed by atoms with Gasteiger partial charge in [-0.3, -0.25) is 0 Å². The van der Waals surface area contributed by atoms with Crippen molar-refractivity contribution in [1.29, 1.82) is 0 Å². The van der Waals surface area contributed by atoms with Crippen LogP contribution in [0.2, 0.25) is 0 Å². The van der Waals surface area contributed by atoms with Crippen LogP contribution in [-0.2, 0) is 0 Å². The summed E-state index contributed by atoms with van der Waals surface area (Å²) in [4.78, 5) is 0. The topological polar surface area (TPSA) is 73.9 Å². The molecular formula is C16H26ClNO4. The maximum atomic E-state index is 10.5. The van der Waals surface area contributed by atoms with Gasteiger partial charge in [-0.25, -0.2) is 0 Å². The minimum atomic E-state index is -0.546. The minimum absolute atomic E-state index is 0. The number of halogens is 1. The molecule has 2 atom stereocenters. The zero-order chi connectivity index (χ0) is 15.4. The Morgan fingerprint density at radius 3 is 1.95 bits per heavy atom. The first kappa shape index (κ1) is 18.9. The van der Waals surface area contributed by atoms with E-state index in [4.69, 9.17) is 19.9 Å². The van der Waals surface area contributed by atoms with Crippen molar-refractivity contribution in [2.45, 2.75) is 37.8 Å². The van der Waals surface area contributed by atoms with E-state index in [1.54, 1.807) is 21.3 Å². The lowest BCUT2D eigenvalue weighted by atomic mass is 9.90. The molecule has 0 bridgehead atoms. The molecule has 126 valence electrons. The number of hydrogen-bond acceptors (Lipinski definition) is 5. The van der Waals surface area contributed by atoms with Crippen molar-refractivity contribution in [3.63, 3.8) is 0 Å². The summed E-state index contributed by atoms with van der Waals surface area (Å²) in [5, 5.41) is 10.5. The average molecular weight is 332 g/mol. The second-order valence-corrected chi connectivity index (χ2v) is 5.52. The number of hydrogen-bond donors (Lipinski definition) is 2. The van der Waals surface area contributed by atoms with Crippen LogP contribution in [0.15, 0.2) is 12.1 Å². The number of nitrogens with two attached hydrogens (primary N) is 1. The van der Waals surface area contributed by atoms with Crippen LogP contribution in [0.4, 0.5) is 0 Å². The Bertz CT molecular complexity index is 452. The third-order valence-corrected chi connectivity index (χ3v) is 4.32. The minimum Gasteiger partial charge on any atom is -0.493 e. The Balaban J connectivity index is 0.00000242. The normalized spacial score (nSPS) is 17.5. The van der Waals surface area contributed by atoms with Gasteiger partial charge in [-0.15, -0.1) is 12.4 Å². The maximum Gasteiger partial charge on any atom is 0.203 e. The summed E-state index contributed by atoms with van der Waals surface area (Å²) >= 11 is 0. The van der Waals surface area contributed by atoms with E-state index in [1.165, 1.54) is 12.8 Å². The van der Waals surface area contributed by atoms with E-state index in [-0.39, 0.29) is 18.3 Å². The lowest BCUT2D eigenvalue weighted by Gasteiger charge is -2.25. The van der Waals surface area contributed by atoms with Crippen molar-refractivity contribution >= 4 is 12.4 Å². The Labute approximate surface area is 138 Å². The second kappa shape index (κ2) is 8.46. The average Bonchev–Trinajstić information content (AvgIpc) is 3.06. The predicted octanol–water partition coefficient (Wildman–Crippen LogP) is 2.69. The van der Waals surface area contributed by atoms with Gasteiger partial charge in [0.05, 0.1) is 33.5 Å². The lowest BCUT2D eigenvalue weighted by Crippen LogP contribution is -2.32. The van der Waals surface area contributed by atoms with E-state index in [2.05, 4.69) is 0 Å². The molecule has 1 aliphatic rings. The molecule has 0 heterocycles. The molecule has 1 fully saturated rings. The molecule has 0 unspecified atom stereocenters. The summed E-state index contributed by atoms with van der Waals surface area (Å²) in [7, 11) is 4.70. The van der Waals surface area contributed by atoms with Crippen LogP contribution in [0.5, 0.6) is 17.2 Å². The summed E-state index contributed by atoms with van der Waals surface area (Å²) in [5.41, 5.74) is 7.05. The SMILES string of the molecule is COc1cc([C@H](N)[C@H](O)C2CCCC2)cc(OC)c1OC.Cl. The molecule has 22 heavy (non-hydrogen) atoms. The fraction of sp³-hybridized carbons (Fsp3) is 0.625. The first-order valence-electron chi connectivity index (χ1n) is 7.36. The lowest BCUT2D eigenvalue weighted by molar-refractivity contribution is 0.0843. The van der Waals surface area contributed by atoms with E-state index in [1.807, 2.05) is 12.1 Å². The molecule has 1 aromatic rings. The molecule has 0 aliphatic heterocycles. The van der Waals surface area contributed by atoms with Gasteiger partial charge in [0.15, 0.2) is 11.5 Å². The van der Waals surface area contributed by atoms with Crippen molar-refractivity contribution in [3.8, 4) is 17.2 Å². The highest BCUT2D eigenvalue weighted by Crippen LogP contribution is 2.41. The molecule has 0 radical (unpaired) electrons. The molecule has 2 rings (SSSR count). The zero-order valence-corrected chi connectivity index (χ0v) is 14.2. The van der Waals surface area contributed by atoms with Gasteiger partial charge in [0.2, 0.25) is 5.75 Å². The summed E-state index contributed by atoms with van der Waals surface area (Å²) in [6.45, 7) is 0. The Hall–Kier alpha value is -1.17. The van der Waals surface area contributed by atoms with Crippen molar-refractivity contribution in [3.05, 3.63) is 17.7 Å². The summed E-state index contributed by atoms with van der Waals surface area (Å²) < 4.78 is 16.0. The number of aliphatic hydroxyl groups excluding tert-OH is 1. The molecule has 1 saturated carbocycles. The fourth-order valence-electron chi connectivity index (χ4n) is 3.08. The van der Waals surface area contributed by atoms with Gasteiger partial charge in [-0.05, 0) is 36.5 Å². The Morgan fingerprint density at radius 2 is 1.55 bits per heavy atom. The highest BCUT2D eigenvalue weighted by molar-refractivity contribution is 5.85. The number of rotatable bonds is 6. The molecule has 6 heteroatoms. The van der Waals surface area contributed by atoms with Gasteiger partial charge in [0, 0.05) is 0 Å². The summed E-state index contributed by atoms with van der Waals surface area (Å²) in [5.74, 6) is 1.92. The smallest absolute Gasteiger partial charge is 0.203 e. The van der Waals surface area contributed by atoms with Crippen LogP contribution in [0.1, 0.15) is 37.3 Å². The quantitative estimate of drug-likeness (QED) is 0.838. The highest BCUT2D eigenvalue weighted by atomic mass is 35.5. The van der Waals surface area contributed by atoms with Crippen LogP contribution in [0, 0.1) is 5.92 Å². The van der Waals surface area contributed by atoms with Crippen molar-refractivity contribution in [2.24, 2.45) is 11.7 Å². The Kier molecular flexibility index (Phi) is 7.26. The van der Waals surface area contributed by atoms with Gasteiger partial charge >= 0.3 is 0 Å². The molecule has 0 aromatic heterocycles. The van der Waals surface area contributed by atoms with Crippen LogP contribution in [0.25, 0.3) is 0 Å². The molecule has 1 aliphatic carbocycles. The van der Waals surface area contributed by atoms with E-state index in [9.17, 15) is 5.11 Å². The monoisotopic (exact) mass is 331 g/mol.